The number of benzene rings is 1. The van der Waals surface area contributed by atoms with Gasteiger partial charge in [-0.15, -0.1) is 0 Å². The van der Waals surface area contributed by atoms with Crippen LogP contribution in [0.15, 0.2) is 47.5 Å². The Kier molecular flexibility index (Phi) is 9.47. The Morgan fingerprint density at radius 1 is 1.09 bits per heavy atom. The maximum absolute atomic E-state index is 14.0. The zero-order valence-corrected chi connectivity index (χ0v) is 25.0. The lowest BCUT2D eigenvalue weighted by Gasteiger charge is -2.38. The lowest BCUT2D eigenvalue weighted by atomic mass is 10.1. The standard InChI is InChI=1S/C30H32F6N6O4/c1-18(39-24-14-38-42(28(44)26(24)30(34,35)36)15-19-3-5-23(45-2)6-4-19)17-46-10-7-25(43)40-8-9-41-22(16-40)12-20-11-21(29(31,32)33)13-37-27(20)41/h3-6,11,13-14,18,22,39H,7-10,12,15-17H2,1-2H3/t18-,22-/m0/s1. The van der Waals surface area contributed by atoms with Crippen LogP contribution in [-0.4, -0.2) is 77.6 Å². The Morgan fingerprint density at radius 3 is 2.50 bits per heavy atom. The van der Waals surface area contributed by atoms with Crippen LogP contribution in [0.3, 0.4) is 0 Å². The number of nitrogens with zero attached hydrogens (tertiary/aromatic N) is 5. The minimum Gasteiger partial charge on any atom is -0.497 e. The van der Waals surface area contributed by atoms with Gasteiger partial charge in [0.25, 0.3) is 5.56 Å². The Bertz CT molecular complexity index is 1610. The third-order valence-electron chi connectivity index (χ3n) is 7.88. The number of halogens is 6. The normalized spacial score (nSPS) is 17.0. The number of anilines is 2. The third kappa shape index (κ3) is 7.37. The van der Waals surface area contributed by atoms with Gasteiger partial charge in [-0.05, 0) is 42.7 Å². The second-order valence-corrected chi connectivity index (χ2v) is 11.2. The topological polar surface area (TPSA) is 102 Å². The molecular weight excluding hydrogens is 622 g/mol. The molecule has 1 aromatic carbocycles. The Labute approximate surface area is 259 Å². The predicted octanol–water partition coefficient (Wildman–Crippen LogP) is 4.21. The van der Waals surface area contributed by atoms with Gasteiger partial charge >= 0.3 is 12.4 Å². The number of fused-ring (bicyclic) bond motifs is 3. The summed E-state index contributed by atoms with van der Waals surface area (Å²) in [5.74, 6) is 0.863. The minimum atomic E-state index is -4.95. The van der Waals surface area contributed by atoms with Crippen LogP contribution in [0.5, 0.6) is 5.75 Å². The van der Waals surface area contributed by atoms with Crippen molar-refractivity contribution in [2.45, 2.75) is 50.7 Å². The number of nitrogens with one attached hydrogen (secondary N) is 1. The Balaban J connectivity index is 1.11. The summed E-state index contributed by atoms with van der Waals surface area (Å²) in [6.45, 7) is 2.46. The third-order valence-corrected chi connectivity index (χ3v) is 7.88. The molecule has 16 heteroatoms. The molecule has 1 fully saturated rings. The lowest BCUT2D eigenvalue weighted by Crippen LogP contribution is -2.53. The Morgan fingerprint density at radius 2 is 1.83 bits per heavy atom. The highest BCUT2D eigenvalue weighted by atomic mass is 19.4. The Hall–Kier alpha value is -4.34. The number of aromatic nitrogens is 3. The van der Waals surface area contributed by atoms with E-state index >= 15 is 0 Å². The van der Waals surface area contributed by atoms with Gasteiger partial charge < -0.3 is 24.6 Å². The smallest absolute Gasteiger partial charge is 0.423 e. The zero-order valence-electron chi connectivity index (χ0n) is 25.0. The second-order valence-electron chi connectivity index (χ2n) is 11.2. The molecule has 0 spiro atoms. The molecule has 2 aliphatic rings. The van der Waals surface area contributed by atoms with Gasteiger partial charge in [0.1, 0.15) is 17.1 Å². The van der Waals surface area contributed by atoms with Crippen LogP contribution in [-0.2, 0) is 34.8 Å². The van der Waals surface area contributed by atoms with Crippen molar-refractivity contribution >= 4 is 17.4 Å². The zero-order chi connectivity index (χ0) is 33.2. The van der Waals surface area contributed by atoms with E-state index in [1.54, 1.807) is 36.1 Å². The molecule has 0 aliphatic carbocycles. The number of hydrogen-bond donors (Lipinski definition) is 1. The van der Waals surface area contributed by atoms with E-state index in [9.17, 15) is 35.9 Å². The first-order valence-corrected chi connectivity index (χ1v) is 14.5. The molecule has 3 aromatic rings. The van der Waals surface area contributed by atoms with Crippen LogP contribution in [0.4, 0.5) is 37.8 Å². The second kappa shape index (κ2) is 13.2. The number of hydrogen-bond acceptors (Lipinski definition) is 8. The molecule has 2 aliphatic heterocycles. The van der Waals surface area contributed by atoms with Crippen molar-refractivity contribution in [2.75, 3.05) is 50.2 Å². The summed E-state index contributed by atoms with van der Waals surface area (Å²) >= 11 is 0. The van der Waals surface area contributed by atoms with Gasteiger partial charge in [-0.1, -0.05) is 12.1 Å². The van der Waals surface area contributed by atoms with E-state index in [-0.39, 0.29) is 38.1 Å². The molecule has 1 N–H and O–H groups in total. The first-order valence-electron chi connectivity index (χ1n) is 14.5. The molecule has 0 bridgehead atoms. The van der Waals surface area contributed by atoms with E-state index in [1.807, 2.05) is 4.90 Å². The number of ether oxygens (including phenoxy) is 2. The maximum atomic E-state index is 14.0. The van der Waals surface area contributed by atoms with Gasteiger partial charge in [-0.2, -0.15) is 31.4 Å². The van der Waals surface area contributed by atoms with E-state index in [0.717, 1.165) is 23.1 Å². The van der Waals surface area contributed by atoms with Crippen LogP contribution in [0, 0.1) is 0 Å². The van der Waals surface area contributed by atoms with Crippen molar-refractivity contribution in [3.8, 4) is 5.75 Å². The number of rotatable bonds is 10. The van der Waals surface area contributed by atoms with E-state index < -0.39 is 40.8 Å². The molecule has 5 rings (SSSR count). The van der Waals surface area contributed by atoms with Gasteiger partial charge in [0.05, 0.1) is 56.8 Å². The number of carbonyl (C=O) groups is 1. The molecular formula is C30H32F6N6O4. The summed E-state index contributed by atoms with van der Waals surface area (Å²) in [4.78, 5) is 33.2. The molecule has 2 aromatic heterocycles. The summed E-state index contributed by atoms with van der Waals surface area (Å²) < 4.78 is 92.5. The number of methoxy groups -OCH3 is 1. The number of pyridine rings is 1. The van der Waals surface area contributed by atoms with Gasteiger partial charge in [0.15, 0.2) is 0 Å². The number of carbonyl (C=O) groups excluding carboxylic acids is 1. The van der Waals surface area contributed by atoms with Crippen LogP contribution in [0.25, 0.3) is 0 Å². The van der Waals surface area contributed by atoms with Crippen LogP contribution >= 0.6 is 0 Å². The minimum absolute atomic E-state index is 0.000290. The van der Waals surface area contributed by atoms with Crippen LogP contribution in [0.2, 0.25) is 0 Å². The fourth-order valence-electron chi connectivity index (χ4n) is 5.63. The predicted molar refractivity (Wildman–Crippen MR) is 155 cm³/mol. The molecule has 1 saturated heterocycles. The number of piperazine rings is 1. The highest BCUT2D eigenvalue weighted by molar-refractivity contribution is 5.77. The molecule has 0 saturated carbocycles. The SMILES string of the molecule is COc1ccc(Cn2ncc(N[C@@H](C)COCCC(=O)N3CCN4c5ncc(C(F)(F)F)cc5C[C@H]4C3)c(C(F)(F)F)c2=O)cc1. The number of amides is 1. The fraction of sp³-hybridized carbons (Fsp3) is 0.467. The van der Waals surface area contributed by atoms with E-state index in [1.165, 1.54) is 7.11 Å². The maximum Gasteiger partial charge on any atom is 0.423 e. The van der Waals surface area contributed by atoms with Crippen LogP contribution in [0.1, 0.15) is 35.6 Å². The van der Waals surface area contributed by atoms with Crippen molar-refractivity contribution < 1.29 is 40.6 Å². The van der Waals surface area contributed by atoms with E-state index in [4.69, 9.17) is 9.47 Å². The fourth-order valence-corrected chi connectivity index (χ4v) is 5.63. The first-order chi connectivity index (χ1) is 21.7. The van der Waals surface area contributed by atoms with Crippen LogP contribution < -0.4 is 20.5 Å². The molecule has 1 amide bonds. The largest absolute Gasteiger partial charge is 0.497 e. The lowest BCUT2D eigenvalue weighted by molar-refractivity contribution is -0.139. The highest BCUT2D eigenvalue weighted by Crippen LogP contribution is 2.37. The summed E-state index contributed by atoms with van der Waals surface area (Å²) in [5, 5.41) is 6.58. The summed E-state index contributed by atoms with van der Waals surface area (Å²) in [6.07, 6.45) is -7.30. The quantitative estimate of drug-likeness (QED) is 0.257. The molecule has 4 heterocycles. The molecule has 0 unspecified atom stereocenters. The molecule has 46 heavy (non-hydrogen) atoms. The van der Waals surface area contributed by atoms with Crippen molar-refractivity contribution in [3.05, 3.63) is 75.3 Å². The molecule has 0 radical (unpaired) electrons. The average molecular weight is 655 g/mol. The highest BCUT2D eigenvalue weighted by Gasteiger charge is 2.40. The average Bonchev–Trinajstić information content (AvgIpc) is 3.37. The molecule has 2 atom stereocenters. The van der Waals surface area contributed by atoms with Gasteiger partial charge in [0.2, 0.25) is 5.91 Å². The van der Waals surface area contributed by atoms with Gasteiger partial charge in [-0.25, -0.2) is 9.67 Å². The van der Waals surface area contributed by atoms with Gasteiger partial charge in [0, 0.05) is 31.9 Å². The summed E-state index contributed by atoms with van der Waals surface area (Å²) in [6, 6.07) is 6.76. The van der Waals surface area contributed by atoms with Gasteiger partial charge in [-0.3, -0.25) is 9.59 Å². The summed E-state index contributed by atoms with van der Waals surface area (Å²) in [7, 11) is 1.48. The molecule has 10 nitrogen and oxygen atoms in total. The van der Waals surface area contributed by atoms with E-state index in [0.29, 0.717) is 48.7 Å². The van der Waals surface area contributed by atoms with Crippen molar-refractivity contribution in [1.29, 1.82) is 0 Å². The first kappa shape index (κ1) is 33.0. The monoisotopic (exact) mass is 654 g/mol. The molecule has 248 valence electrons. The summed E-state index contributed by atoms with van der Waals surface area (Å²) in [5.41, 5.74) is -2.90. The van der Waals surface area contributed by atoms with Crippen molar-refractivity contribution in [2.24, 2.45) is 0 Å². The van der Waals surface area contributed by atoms with Crippen molar-refractivity contribution in [1.82, 2.24) is 19.7 Å². The number of alkyl halides is 6. The van der Waals surface area contributed by atoms with Crippen molar-refractivity contribution in [3.63, 3.8) is 0 Å². The van der Waals surface area contributed by atoms with E-state index in [2.05, 4.69) is 15.4 Å².